The molecule has 2 heterocycles. The first kappa shape index (κ1) is 28.6. The fourth-order valence-electron chi connectivity index (χ4n) is 5.16. The Labute approximate surface area is 229 Å². The van der Waals surface area contributed by atoms with Gasteiger partial charge in [0.05, 0.1) is 5.56 Å². The first-order valence-electron chi connectivity index (χ1n) is 13.8. The zero-order valence-electron chi connectivity index (χ0n) is 23.0. The molecule has 5 nitrogen and oxygen atoms in total. The van der Waals surface area contributed by atoms with Crippen molar-refractivity contribution in [1.82, 2.24) is 14.9 Å². The molecule has 1 saturated heterocycles. The third-order valence-corrected chi connectivity index (χ3v) is 7.50. The minimum Gasteiger partial charge on any atom is -0.353 e. The molecule has 0 radical (unpaired) electrons. The molecule has 0 saturated carbocycles. The van der Waals surface area contributed by atoms with Gasteiger partial charge in [0.1, 0.15) is 5.82 Å². The molecule has 1 amide bonds. The molecule has 8 heteroatoms. The van der Waals surface area contributed by atoms with Crippen molar-refractivity contribution in [3.63, 3.8) is 0 Å². The number of unbranched alkanes of at least 4 members (excludes halogenated alkanes) is 1. The van der Waals surface area contributed by atoms with Gasteiger partial charge < -0.3 is 9.80 Å². The number of aromatic nitrogens is 2. The Morgan fingerprint density at radius 1 is 0.974 bits per heavy atom. The molecule has 3 aromatic rings. The SMILES string of the molecule is CCCCC(CC)C(=O)N1CCN(c2nc(-c3cccc(C(F)(F)F)c3)nc(C)c2Cc2ccccc2)CC1. The molecule has 1 aliphatic rings. The maximum absolute atomic E-state index is 13.4. The summed E-state index contributed by atoms with van der Waals surface area (Å²) in [6, 6.07) is 15.2. The highest BCUT2D eigenvalue weighted by atomic mass is 19.4. The largest absolute Gasteiger partial charge is 0.416 e. The molecule has 0 bridgehead atoms. The van der Waals surface area contributed by atoms with Gasteiger partial charge >= 0.3 is 6.18 Å². The van der Waals surface area contributed by atoms with Gasteiger partial charge in [-0.25, -0.2) is 9.97 Å². The zero-order valence-corrected chi connectivity index (χ0v) is 23.0. The van der Waals surface area contributed by atoms with Crippen LogP contribution in [0, 0.1) is 12.8 Å². The average molecular weight is 539 g/mol. The van der Waals surface area contributed by atoms with Crippen molar-refractivity contribution in [2.45, 2.75) is 59.1 Å². The van der Waals surface area contributed by atoms with Crippen molar-refractivity contribution < 1.29 is 18.0 Å². The van der Waals surface area contributed by atoms with Crippen LogP contribution >= 0.6 is 0 Å². The first-order valence-corrected chi connectivity index (χ1v) is 13.8. The van der Waals surface area contributed by atoms with E-state index in [1.807, 2.05) is 42.2 Å². The Balaban J connectivity index is 1.64. The maximum Gasteiger partial charge on any atom is 0.416 e. The summed E-state index contributed by atoms with van der Waals surface area (Å²) in [7, 11) is 0. The monoisotopic (exact) mass is 538 g/mol. The van der Waals surface area contributed by atoms with Crippen LogP contribution in [0.15, 0.2) is 54.6 Å². The van der Waals surface area contributed by atoms with E-state index in [1.54, 1.807) is 6.07 Å². The summed E-state index contributed by atoms with van der Waals surface area (Å²) >= 11 is 0. The number of alkyl halides is 3. The molecular weight excluding hydrogens is 501 g/mol. The Kier molecular flexibility index (Phi) is 9.25. The minimum atomic E-state index is -4.45. The summed E-state index contributed by atoms with van der Waals surface area (Å²) in [6.45, 7) is 8.50. The van der Waals surface area contributed by atoms with E-state index in [-0.39, 0.29) is 17.6 Å². The van der Waals surface area contributed by atoms with Crippen LogP contribution in [-0.2, 0) is 17.4 Å². The third kappa shape index (κ3) is 6.97. The lowest BCUT2D eigenvalue weighted by Gasteiger charge is -2.38. The summed E-state index contributed by atoms with van der Waals surface area (Å²) in [5.74, 6) is 1.27. The van der Waals surface area contributed by atoms with Crippen LogP contribution in [0.4, 0.5) is 19.0 Å². The molecule has 0 spiro atoms. The predicted octanol–water partition coefficient (Wildman–Crippen LogP) is 6.93. The topological polar surface area (TPSA) is 49.3 Å². The van der Waals surface area contributed by atoms with Crippen LogP contribution in [0.2, 0.25) is 0 Å². The van der Waals surface area contributed by atoms with Crippen molar-refractivity contribution in [2.24, 2.45) is 5.92 Å². The van der Waals surface area contributed by atoms with Gasteiger partial charge in [0.15, 0.2) is 5.82 Å². The maximum atomic E-state index is 13.4. The van der Waals surface area contributed by atoms with Crippen LogP contribution in [0.25, 0.3) is 11.4 Å². The summed E-state index contributed by atoms with van der Waals surface area (Å²) < 4.78 is 40.2. The summed E-state index contributed by atoms with van der Waals surface area (Å²) in [4.78, 5) is 26.8. The lowest BCUT2D eigenvalue weighted by atomic mass is 9.97. The predicted molar refractivity (Wildman–Crippen MR) is 149 cm³/mol. The van der Waals surface area contributed by atoms with Gasteiger partial charge in [0.2, 0.25) is 5.91 Å². The van der Waals surface area contributed by atoms with E-state index < -0.39 is 11.7 Å². The molecule has 0 aliphatic carbocycles. The second kappa shape index (κ2) is 12.6. The number of hydrogen-bond donors (Lipinski definition) is 0. The average Bonchev–Trinajstić information content (AvgIpc) is 2.94. The molecular formula is C31H37F3N4O. The van der Waals surface area contributed by atoms with Crippen molar-refractivity contribution >= 4 is 11.7 Å². The second-order valence-electron chi connectivity index (χ2n) is 10.2. The van der Waals surface area contributed by atoms with Gasteiger partial charge in [-0.1, -0.05) is 69.2 Å². The Hall–Kier alpha value is -3.42. The lowest BCUT2D eigenvalue weighted by Crippen LogP contribution is -2.51. The number of nitrogens with zero attached hydrogens (tertiary/aromatic N) is 4. The van der Waals surface area contributed by atoms with E-state index in [4.69, 9.17) is 4.98 Å². The Morgan fingerprint density at radius 3 is 2.33 bits per heavy atom. The summed E-state index contributed by atoms with van der Waals surface area (Å²) in [5, 5.41) is 0. The molecule has 39 heavy (non-hydrogen) atoms. The molecule has 1 aliphatic heterocycles. The highest BCUT2D eigenvalue weighted by molar-refractivity contribution is 5.79. The number of carbonyl (C=O) groups is 1. The van der Waals surface area contributed by atoms with Gasteiger partial charge in [-0.05, 0) is 37.5 Å². The van der Waals surface area contributed by atoms with Crippen molar-refractivity contribution in [3.05, 3.63) is 77.0 Å². The van der Waals surface area contributed by atoms with E-state index >= 15 is 0 Å². The molecule has 0 N–H and O–H groups in total. The van der Waals surface area contributed by atoms with Crippen LogP contribution < -0.4 is 4.90 Å². The number of halogens is 3. The number of anilines is 1. The van der Waals surface area contributed by atoms with E-state index in [2.05, 4.69) is 23.7 Å². The van der Waals surface area contributed by atoms with Crippen LogP contribution in [0.1, 0.15) is 61.9 Å². The van der Waals surface area contributed by atoms with Crippen molar-refractivity contribution in [1.29, 1.82) is 0 Å². The molecule has 4 rings (SSSR count). The quantitative estimate of drug-likeness (QED) is 0.297. The molecule has 1 aromatic heterocycles. The highest BCUT2D eigenvalue weighted by Gasteiger charge is 2.31. The van der Waals surface area contributed by atoms with Gasteiger partial charge in [-0.2, -0.15) is 13.2 Å². The zero-order chi connectivity index (χ0) is 28.0. The third-order valence-electron chi connectivity index (χ3n) is 7.50. The smallest absolute Gasteiger partial charge is 0.353 e. The van der Waals surface area contributed by atoms with Gasteiger partial charge in [0, 0.05) is 55.3 Å². The Bertz CT molecular complexity index is 1250. The fraction of sp³-hybridized carbons (Fsp3) is 0.452. The van der Waals surface area contributed by atoms with Crippen molar-refractivity contribution in [3.8, 4) is 11.4 Å². The number of hydrogen-bond acceptors (Lipinski definition) is 4. The van der Waals surface area contributed by atoms with Crippen LogP contribution in [0.5, 0.6) is 0 Å². The highest BCUT2D eigenvalue weighted by Crippen LogP contribution is 2.33. The number of aryl methyl sites for hydroxylation is 1. The lowest BCUT2D eigenvalue weighted by molar-refractivity contribution is -0.137. The minimum absolute atomic E-state index is 0.0546. The molecule has 1 fully saturated rings. The molecule has 208 valence electrons. The molecule has 1 unspecified atom stereocenters. The number of carbonyl (C=O) groups excluding carboxylic acids is 1. The van der Waals surface area contributed by atoms with Crippen molar-refractivity contribution in [2.75, 3.05) is 31.1 Å². The summed E-state index contributed by atoms with van der Waals surface area (Å²) in [6.07, 6.45) is 0.0372. The van der Waals surface area contributed by atoms with E-state index in [9.17, 15) is 18.0 Å². The van der Waals surface area contributed by atoms with Gasteiger partial charge in [-0.3, -0.25) is 4.79 Å². The normalized spacial score (nSPS) is 14.9. The number of rotatable bonds is 9. The number of benzene rings is 2. The van der Waals surface area contributed by atoms with E-state index in [0.717, 1.165) is 60.5 Å². The second-order valence-corrected chi connectivity index (χ2v) is 10.2. The first-order chi connectivity index (χ1) is 18.7. The van der Waals surface area contributed by atoms with E-state index in [1.165, 1.54) is 6.07 Å². The summed E-state index contributed by atoms with van der Waals surface area (Å²) in [5.41, 5.74) is 2.40. The Morgan fingerprint density at radius 2 is 1.69 bits per heavy atom. The fourth-order valence-corrected chi connectivity index (χ4v) is 5.16. The number of piperazine rings is 1. The van der Waals surface area contributed by atoms with Crippen LogP contribution in [0.3, 0.4) is 0 Å². The molecule has 2 aromatic carbocycles. The van der Waals surface area contributed by atoms with Gasteiger partial charge in [-0.15, -0.1) is 0 Å². The van der Waals surface area contributed by atoms with E-state index in [0.29, 0.717) is 38.2 Å². The number of amides is 1. The van der Waals surface area contributed by atoms with Gasteiger partial charge in [0.25, 0.3) is 0 Å². The standard InChI is InChI=1S/C31H37F3N4O/c1-4-6-13-24(5-2)30(39)38-18-16-37(17-19-38)29-27(20-23-11-8-7-9-12-23)22(3)35-28(36-29)25-14-10-15-26(21-25)31(32,33)34/h7-12,14-15,21,24H,4-6,13,16-20H2,1-3H3. The molecule has 1 atom stereocenters. The van der Waals surface area contributed by atoms with Crippen LogP contribution in [-0.4, -0.2) is 47.0 Å².